The molecule has 1 fully saturated rings. The fourth-order valence-electron chi connectivity index (χ4n) is 4.93. The van der Waals surface area contributed by atoms with Gasteiger partial charge in [-0.05, 0) is 37.0 Å². The van der Waals surface area contributed by atoms with Crippen LogP contribution in [0.3, 0.4) is 0 Å². The second-order valence-corrected chi connectivity index (χ2v) is 9.76. The van der Waals surface area contributed by atoms with Crippen LogP contribution >= 0.6 is 0 Å². The molecular formula is C26H37F3N6O. The quantitative estimate of drug-likeness (QED) is 0.630. The number of hydrogen-bond donors (Lipinski definition) is 1. The first-order valence-corrected chi connectivity index (χ1v) is 12.1. The van der Waals surface area contributed by atoms with Gasteiger partial charge in [-0.3, -0.25) is 9.69 Å². The maximum atomic E-state index is 12.6. The highest BCUT2D eigenvalue weighted by Crippen LogP contribution is 2.33. The van der Waals surface area contributed by atoms with Crippen molar-refractivity contribution >= 4 is 23.1 Å². The molecule has 1 saturated heterocycles. The Morgan fingerprint density at radius 1 is 1.06 bits per heavy atom. The maximum Gasteiger partial charge on any atom is 0.401 e. The van der Waals surface area contributed by atoms with E-state index >= 15 is 0 Å². The molecule has 2 aliphatic heterocycles. The Bertz CT molecular complexity index is 1050. The molecule has 1 atom stereocenters. The number of nitrogens with zero attached hydrogens (tertiary/aromatic N) is 5. The van der Waals surface area contributed by atoms with E-state index in [1.807, 2.05) is 44.9 Å². The molecule has 7 nitrogen and oxygen atoms in total. The number of piperazine rings is 1. The first kappa shape index (κ1) is 27.7. The van der Waals surface area contributed by atoms with Crippen molar-refractivity contribution in [3.63, 3.8) is 0 Å². The number of carbonyl (C=O) groups excluding carboxylic acids is 1. The van der Waals surface area contributed by atoms with Crippen LogP contribution in [-0.2, 0) is 17.6 Å². The smallest absolute Gasteiger partial charge is 0.369 e. The van der Waals surface area contributed by atoms with Crippen molar-refractivity contribution in [2.24, 2.45) is 5.92 Å². The summed E-state index contributed by atoms with van der Waals surface area (Å²) in [6.45, 7) is 7.06. The topological polar surface area (TPSA) is 64.6 Å². The lowest BCUT2D eigenvalue weighted by Gasteiger charge is -2.37. The highest BCUT2D eigenvalue weighted by molar-refractivity contribution is 6.03. The van der Waals surface area contributed by atoms with Crippen molar-refractivity contribution in [2.45, 2.75) is 53.3 Å². The fraction of sp³-hybridized carbons (Fsp3) is 0.577. The molecule has 0 aliphatic carbocycles. The largest absolute Gasteiger partial charge is 0.401 e. The van der Waals surface area contributed by atoms with Gasteiger partial charge in [0.1, 0.15) is 17.6 Å². The average molecular weight is 507 g/mol. The molecule has 0 spiro atoms. The molecule has 1 N–H and O–H groups in total. The van der Waals surface area contributed by atoms with Gasteiger partial charge in [-0.2, -0.15) is 13.2 Å². The minimum absolute atomic E-state index is 0. The van der Waals surface area contributed by atoms with E-state index in [1.54, 1.807) is 0 Å². The number of alkyl halides is 3. The molecule has 10 heteroatoms. The zero-order valence-corrected chi connectivity index (χ0v) is 20.7. The molecule has 0 unspecified atom stereocenters. The normalized spacial score (nSPS) is 18.7. The van der Waals surface area contributed by atoms with E-state index in [2.05, 4.69) is 27.3 Å². The molecule has 2 aromatic rings. The van der Waals surface area contributed by atoms with Crippen molar-refractivity contribution in [3.05, 3.63) is 41.3 Å². The molecule has 0 saturated carbocycles. The van der Waals surface area contributed by atoms with E-state index < -0.39 is 12.7 Å². The van der Waals surface area contributed by atoms with Gasteiger partial charge < -0.3 is 15.1 Å². The van der Waals surface area contributed by atoms with Crippen molar-refractivity contribution < 1.29 is 18.0 Å². The Morgan fingerprint density at radius 2 is 1.69 bits per heavy atom. The summed E-state index contributed by atoms with van der Waals surface area (Å²) >= 11 is 0. The summed E-state index contributed by atoms with van der Waals surface area (Å²) in [7, 11) is 1.90. The number of aryl methyl sites for hydroxylation is 3. The second kappa shape index (κ2) is 11.0. The predicted molar refractivity (Wildman–Crippen MR) is 138 cm³/mol. The first-order valence-electron chi connectivity index (χ1n) is 12.1. The van der Waals surface area contributed by atoms with E-state index in [0.29, 0.717) is 38.3 Å². The van der Waals surface area contributed by atoms with Crippen LogP contribution in [0.25, 0.3) is 0 Å². The van der Waals surface area contributed by atoms with Gasteiger partial charge in [-0.25, -0.2) is 9.97 Å². The zero-order chi connectivity index (χ0) is 25.3. The SMILES string of the molecule is C.Cc1nc(CCc2ccc(N3CCN(CC(F)(F)F)CC3)cc2)nc2c1NC(=O)[C@H](C(C)C)N2C. The minimum Gasteiger partial charge on any atom is -0.369 e. The van der Waals surface area contributed by atoms with E-state index in [-0.39, 0.29) is 25.3 Å². The van der Waals surface area contributed by atoms with Crippen molar-refractivity contribution in [1.29, 1.82) is 0 Å². The summed E-state index contributed by atoms with van der Waals surface area (Å²) in [6, 6.07) is 7.91. The molecule has 2 aliphatic rings. The van der Waals surface area contributed by atoms with Crippen molar-refractivity contribution in [2.75, 3.05) is 54.9 Å². The molecule has 0 bridgehead atoms. The van der Waals surface area contributed by atoms with Gasteiger partial charge in [0.2, 0.25) is 5.91 Å². The average Bonchev–Trinajstić information content (AvgIpc) is 2.78. The Morgan fingerprint density at radius 3 is 2.28 bits per heavy atom. The number of fused-ring (bicyclic) bond motifs is 1. The van der Waals surface area contributed by atoms with Crippen LogP contribution in [0.5, 0.6) is 0 Å². The lowest BCUT2D eigenvalue weighted by Crippen LogP contribution is -2.49. The number of carbonyl (C=O) groups is 1. The number of aromatic nitrogens is 2. The Labute approximate surface area is 211 Å². The summed E-state index contributed by atoms with van der Waals surface area (Å²) in [4.78, 5) is 27.4. The number of amides is 1. The molecule has 4 rings (SSSR count). The number of nitrogens with one attached hydrogen (secondary N) is 1. The summed E-state index contributed by atoms with van der Waals surface area (Å²) in [5.74, 6) is 1.61. The van der Waals surface area contributed by atoms with E-state index in [0.717, 1.165) is 35.0 Å². The summed E-state index contributed by atoms with van der Waals surface area (Å²) in [5, 5.41) is 2.97. The van der Waals surface area contributed by atoms with Gasteiger partial charge in [-0.15, -0.1) is 0 Å². The van der Waals surface area contributed by atoms with Crippen LogP contribution in [0.4, 0.5) is 30.4 Å². The maximum absolute atomic E-state index is 12.6. The van der Waals surface area contributed by atoms with Crippen molar-refractivity contribution in [1.82, 2.24) is 14.9 Å². The summed E-state index contributed by atoms with van der Waals surface area (Å²) in [6.07, 6.45) is -2.72. The van der Waals surface area contributed by atoms with Gasteiger partial charge in [0.15, 0.2) is 5.82 Å². The zero-order valence-electron chi connectivity index (χ0n) is 20.7. The van der Waals surface area contributed by atoms with Gasteiger partial charge in [0.05, 0.1) is 12.2 Å². The van der Waals surface area contributed by atoms with Gasteiger partial charge >= 0.3 is 6.18 Å². The van der Waals surface area contributed by atoms with Gasteiger partial charge in [0, 0.05) is 45.3 Å². The molecule has 1 aromatic heterocycles. The Balaban J connectivity index is 0.00000361. The number of likely N-dealkylation sites (N-methyl/N-ethyl adjacent to an activating group) is 1. The number of benzene rings is 1. The van der Waals surface area contributed by atoms with Crippen LogP contribution < -0.4 is 15.1 Å². The van der Waals surface area contributed by atoms with Crippen LogP contribution in [0.1, 0.15) is 38.4 Å². The number of rotatable bonds is 6. The van der Waals surface area contributed by atoms with Gasteiger partial charge in [-0.1, -0.05) is 33.4 Å². The number of anilines is 3. The lowest BCUT2D eigenvalue weighted by molar-refractivity contribution is -0.146. The third-order valence-electron chi connectivity index (χ3n) is 6.73. The third-order valence-corrected chi connectivity index (χ3v) is 6.73. The van der Waals surface area contributed by atoms with Crippen LogP contribution in [0.2, 0.25) is 0 Å². The number of halogens is 3. The lowest BCUT2D eigenvalue weighted by atomic mass is 9.99. The molecule has 1 aromatic carbocycles. The minimum atomic E-state index is -4.15. The van der Waals surface area contributed by atoms with Crippen LogP contribution in [0, 0.1) is 12.8 Å². The second-order valence-electron chi connectivity index (χ2n) is 9.76. The van der Waals surface area contributed by atoms with E-state index in [9.17, 15) is 18.0 Å². The molecule has 1 amide bonds. The molecule has 3 heterocycles. The first-order chi connectivity index (χ1) is 16.5. The monoisotopic (exact) mass is 506 g/mol. The molecule has 36 heavy (non-hydrogen) atoms. The van der Waals surface area contributed by atoms with Crippen LogP contribution in [-0.4, -0.2) is 72.8 Å². The molecule has 0 radical (unpaired) electrons. The van der Waals surface area contributed by atoms with E-state index in [4.69, 9.17) is 4.98 Å². The highest BCUT2D eigenvalue weighted by atomic mass is 19.4. The third kappa shape index (κ3) is 6.27. The Hall–Kier alpha value is -2.88. The predicted octanol–water partition coefficient (Wildman–Crippen LogP) is 4.30. The molecular weight excluding hydrogens is 469 g/mol. The summed E-state index contributed by atoms with van der Waals surface area (Å²) in [5.41, 5.74) is 3.61. The summed E-state index contributed by atoms with van der Waals surface area (Å²) < 4.78 is 37.8. The Kier molecular flexibility index (Phi) is 8.48. The standard InChI is InChI=1S/C25H33F3N6O.CH4/c1-16(2)22-24(35)31-21-17(3)29-20(30-23(21)32(22)4)10-7-18-5-8-19(9-6-18)34-13-11-33(12-14-34)15-25(26,27)28;/h5-6,8-9,16,22H,7,10-15H2,1-4H3,(H,31,35);1H4/t22-;/m0./s1. The fourth-order valence-corrected chi connectivity index (χ4v) is 4.93. The molecule has 198 valence electrons. The van der Waals surface area contributed by atoms with Crippen LogP contribution in [0.15, 0.2) is 24.3 Å². The van der Waals surface area contributed by atoms with Crippen molar-refractivity contribution in [3.8, 4) is 0 Å². The van der Waals surface area contributed by atoms with E-state index in [1.165, 1.54) is 4.90 Å². The van der Waals surface area contributed by atoms with Gasteiger partial charge in [0.25, 0.3) is 0 Å². The highest BCUT2D eigenvalue weighted by Gasteiger charge is 2.35. The number of hydrogen-bond acceptors (Lipinski definition) is 6.